The van der Waals surface area contributed by atoms with E-state index in [4.69, 9.17) is 4.98 Å². The molecule has 0 saturated heterocycles. The van der Waals surface area contributed by atoms with Crippen molar-refractivity contribution in [2.45, 2.75) is 0 Å². The van der Waals surface area contributed by atoms with Crippen molar-refractivity contribution in [2.75, 3.05) is 0 Å². The minimum atomic E-state index is 0.978. The fraction of sp³-hybridized carbons (Fsp3) is 0. The third-order valence-corrected chi connectivity index (χ3v) is 6.17. The molecule has 0 spiro atoms. The summed E-state index contributed by atoms with van der Waals surface area (Å²) in [4.78, 5) is 4.83. The standard InChI is InChI=1S/C23H12BrN3/c24-13-11-20-23(25-12-13)27-19-8-4-2-6-15(19)17-10-9-16-14-5-1-3-7-18(14)26(20)21(16)22(17)27/h1-12H. The van der Waals surface area contributed by atoms with Crippen LogP contribution in [0.4, 0.5) is 0 Å². The molecule has 0 amide bonds. The lowest BCUT2D eigenvalue weighted by Gasteiger charge is -2.10. The highest BCUT2D eigenvalue weighted by atomic mass is 79.9. The largest absolute Gasteiger partial charge is 0.304 e. The molecular formula is C23H12BrN3. The van der Waals surface area contributed by atoms with Gasteiger partial charge in [-0.15, -0.1) is 0 Å². The van der Waals surface area contributed by atoms with Gasteiger partial charge in [0.05, 0.1) is 27.6 Å². The molecule has 0 aliphatic heterocycles. The molecule has 4 aromatic heterocycles. The van der Waals surface area contributed by atoms with Gasteiger partial charge in [-0.05, 0) is 34.1 Å². The number of rotatable bonds is 0. The molecule has 0 aliphatic carbocycles. The summed E-state index contributed by atoms with van der Waals surface area (Å²) in [6, 6.07) is 23.9. The molecular weight excluding hydrogens is 398 g/mol. The van der Waals surface area contributed by atoms with E-state index in [1.54, 1.807) is 0 Å². The zero-order valence-electron chi connectivity index (χ0n) is 14.1. The van der Waals surface area contributed by atoms with E-state index in [0.29, 0.717) is 0 Å². The van der Waals surface area contributed by atoms with Crippen LogP contribution in [-0.2, 0) is 0 Å². The molecule has 4 heterocycles. The molecule has 0 saturated carbocycles. The van der Waals surface area contributed by atoms with Crippen molar-refractivity contribution in [3.8, 4) is 0 Å². The van der Waals surface area contributed by atoms with Gasteiger partial charge in [-0.1, -0.05) is 48.5 Å². The number of benzene rings is 3. The highest BCUT2D eigenvalue weighted by molar-refractivity contribution is 9.10. The van der Waals surface area contributed by atoms with Crippen LogP contribution < -0.4 is 0 Å². The van der Waals surface area contributed by atoms with Crippen molar-refractivity contribution in [3.05, 3.63) is 77.4 Å². The third kappa shape index (κ3) is 1.53. The maximum absolute atomic E-state index is 4.83. The lowest BCUT2D eigenvalue weighted by molar-refractivity contribution is 1.19. The third-order valence-electron chi connectivity index (χ3n) is 5.74. The molecule has 0 atom stereocenters. The van der Waals surface area contributed by atoms with Crippen LogP contribution in [-0.4, -0.2) is 13.8 Å². The minimum Gasteiger partial charge on any atom is -0.304 e. The zero-order valence-corrected chi connectivity index (χ0v) is 15.7. The Hall–Kier alpha value is -3.11. The monoisotopic (exact) mass is 409 g/mol. The molecule has 0 bridgehead atoms. The fourth-order valence-electron chi connectivity index (χ4n) is 4.73. The van der Waals surface area contributed by atoms with Crippen molar-refractivity contribution in [2.24, 2.45) is 0 Å². The first-order valence-electron chi connectivity index (χ1n) is 8.94. The van der Waals surface area contributed by atoms with Crippen LogP contribution in [0.1, 0.15) is 0 Å². The van der Waals surface area contributed by atoms with Crippen LogP contribution in [0.2, 0.25) is 0 Å². The van der Waals surface area contributed by atoms with Gasteiger partial charge in [0, 0.05) is 32.2 Å². The van der Waals surface area contributed by atoms with Gasteiger partial charge in [0.2, 0.25) is 0 Å². The quantitative estimate of drug-likeness (QED) is 0.265. The van der Waals surface area contributed by atoms with Crippen LogP contribution >= 0.6 is 15.9 Å². The molecule has 7 rings (SSSR count). The Kier molecular flexibility index (Phi) is 2.38. The van der Waals surface area contributed by atoms with Crippen LogP contribution in [0, 0.1) is 0 Å². The van der Waals surface area contributed by atoms with E-state index in [2.05, 4.69) is 91.5 Å². The summed E-state index contributed by atoms with van der Waals surface area (Å²) in [5.74, 6) is 0. The molecule has 3 aromatic carbocycles. The van der Waals surface area contributed by atoms with E-state index in [0.717, 1.165) is 15.6 Å². The molecule has 27 heavy (non-hydrogen) atoms. The molecule has 0 radical (unpaired) electrons. The fourth-order valence-corrected chi connectivity index (χ4v) is 5.05. The van der Waals surface area contributed by atoms with E-state index in [1.165, 1.54) is 43.6 Å². The summed E-state index contributed by atoms with van der Waals surface area (Å²) >= 11 is 3.62. The molecule has 3 nitrogen and oxygen atoms in total. The number of para-hydroxylation sites is 2. The first-order valence-corrected chi connectivity index (χ1v) is 9.74. The van der Waals surface area contributed by atoms with E-state index in [1.807, 2.05) is 6.20 Å². The van der Waals surface area contributed by atoms with Crippen molar-refractivity contribution in [3.63, 3.8) is 0 Å². The van der Waals surface area contributed by atoms with Gasteiger partial charge in [-0.25, -0.2) is 4.98 Å². The van der Waals surface area contributed by atoms with Crippen molar-refractivity contribution in [1.82, 2.24) is 13.8 Å². The van der Waals surface area contributed by atoms with E-state index in [9.17, 15) is 0 Å². The Labute approximate surface area is 161 Å². The highest BCUT2D eigenvalue weighted by Gasteiger charge is 2.21. The second-order valence-electron chi connectivity index (χ2n) is 7.06. The zero-order chi connectivity index (χ0) is 17.7. The highest BCUT2D eigenvalue weighted by Crippen LogP contribution is 2.41. The van der Waals surface area contributed by atoms with Crippen LogP contribution in [0.25, 0.3) is 54.8 Å². The summed E-state index contributed by atoms with van der Waals surface area (Å²) < 4.78 is 5.69. The lowest BCUT2D eigenvalue weighted by atomic mass is 10.1. The first-order chi connectivity index (χ1) is 13.3. The minimum absolute atomic E-state index is 0.978. The number of hydrogen-bond donors (Lipinski definition) is 0. The number of pyridine rings is 1. The number of hydrogen-bond acceptors (Lipinski definition) is 1. The smallest absolute Gasteiger partial charge is 0.162 e. The second kappa shape index (κ2) is 4.59. The molecule has 7 aromatic rings. The SMILES string of the molecule is Brc1cnc2c(c1)n1c3ccccc3c3ccc4c5ccccc5n2c4c31. The maximum Gasteiger partial charge on any atom is 0.162 e. The Morgan fingerprint density at radius 3 is 1.93 bits per heavy atom. The maximum atomic E-state index is 4.83. The van der Waals surface area contributed by atoms with Gasteiger partial charge in [-0.3, -0.25) is 4.40 Å². The van der Waals surface area contributed by atoms with Crippen molar-refractivity contribution < 1.29 is 0 Å². The molecule has 126 valence electrons. The second-order valence-corrected chi connectivity index (χ2v) is 7.97. The summed E-state index contributed by atoms with van der Waals surface area (Å²) in [5, 5.41) is 5.10. The van der Waals surface area contributed by atoms with Gasteiger partial charge >= 0.3 is 0 Å². The van der Waals surface area contributed by atoms with Crippen molar-refractivity contribution >= 4 is 70.7 Å². The predicted molar refractivity (Wildman–Crippen MR) is 115 cm³/mol. The van der Waals surface area contributed by atoms with Gasteiger partial charge in [0.15, 0.2) is 5.65 Å². The molecule has 4 heteroatoms. The Morgan fingerprint density at radius 1 is 0.630 bits per heavy atom. The van der Waals surface area contributed by atoms with Gasteiger partial charge < -0.3 is 4.40 Å². The average molecular weight is 410 g/mol. The molecule has 0 N–H and O–H groups in total. The topological polar surface area (TPSA) is 21.7 Å². The van der Waals surface area contributed by atoms with Crippen LogP contribution in [0.3, 0.4) is 0 Å². The summed E-state index contributed by atoms with van der Waals surface area (Å²) in [5.41, 5.74) is 7.01. The number of aromatic nitrogens is 3. The molecule has 0 fully saturated rings. The Morgan fingerprint density at radius 2 is 1.22 bits per heavy atom. The summed E-state index contributed by atoms with van der Waals surface area (Å²) in [7, 11) is 0. The number of nitrogens with zero attached hydrogens (tertiary/aromatic N) is 3. The Bertz CT molecular complexity index is 1690. The van der Waals surface area contributed by atoms with Gasteiger partial charge in [-0.2, -0.15) is 0 Å². The van der Waals surface area contributed by atoms with Crippen LogP contribution in [0.15, 0.2) is 77.4 Å². The number of halogens is 1. The van der Waals surface area contributed by atoms with E-state index >= 15 is 0 Å². The van der Waals surface area contributed by atoms with E-state index < -0.39 is 0 Å². The average Bonchev–Trinajstić information content (AvgIpc) is 3.21. The lowest BCUT2D eigenvalue weighted by Crippen LogP contribution is -1.99. The molecule has 0 aliphatic rings. The predicted octanol–water partition coefficient (Wildman–Crippen LogP) is 6.40. The summed E-state index contributed by atoms with van der Waals surface area (Å²) in [6.45, 7) is 0. The van der Waals surface area contributed by atoms with Gasteiger partial charge in [0.1, 0.15) is 0 Å². The number of fused-ring (bicyclic) bond motifs is 9. The van der Waals surface area contributed by atoms with Crippen LogP contribution in [0.5, 0.6) is 0 Å². The van der Waals surface area contributed by atoms with E-state index in [-0.39, 0.29) is 0 Å². The molecule has 0 unspecified atom stereocenters. The summed E-state index contributed by atoms with van der Waals surface area (Å²) in [6.07, 6.45) is 1.89. The Balaban J connectivity index is 2.02. The first kappa shape index (κ1) is 14.0. The van der Waals surface area contributed by atoms with Gasteiger partial charge in [0.25, 0.3) is 0 Å². The van der Waals surface area contributed by atoms with Crippen molar-refractivity contribution in [1.29, 1.82) is 0 Å². The normalized spacial score (nSPS) is 12.6.